The van der Waals surface area contributed by atoms with E-state index in [0.717, 1.165) is 16.7 Å². The van der Waals surface area contributed by atoms with Crippen molar-refractivity contribution < 1.29 is 17.9 Å². The summed E-state index contributed by atoms with van der Waals surface area (Å²) < 4.78 is 33.0. The molecule has 1 amide bonds. The smallest absolute Gasteiger partial charge is 0.251 e. The van der Waals surface area contributed by atoms with Gasteiger partial charge in [-0.05, 0) is 56.7 Å². The van der Waals surface area contributed by atoms with E-state index in [1.807, 2.05) is 45.0 Å². The van der Waals surface area contributed by atoms with Gasteiger partial charge in [-0.2, -0.15) is 4.31 Å². The Balaban J connectivity index is 1.79. The van der Waals surface area contributed by atoms with Gasteiger partial charge in [0.2, 0.25) is 10.0 Å². The van der Waals surface area contributed by atoms with E-state index in [1.54, 1.807) is 42.5 Å². The number of benzene rings is 3. The molecule has 3 rings (SSSR count). The van der Waals surface area contributed by atoms with Crippen molar-refractivity contribution in [3.8, 4) is 5.75 Å². The number of sulfonamides is 1. The van der Waals surface area contributed by atoms with Gasteiger partial charge in [0.05, 0.1) is 11.5 Å². The van der Waals surface area contributed by atoms with Crippen molar-refractivity contribution in [1.82, 2.24) is 9.62 Å². The molecule has 0 aromatic heterocycles. The highest BCUT2D eigenvalue weighted by Crippen LogP contribution is 2.25. The lowest BCUT2D eigenvalue weighted by molar-refractivity contribution is 0.0950. The van der Waals surface area contributed by atoms with Gasteiger partial charge in [0.25, 0.3) is 5.91 Å². The number of carbonyl (C=O) groups is 1. The summed E-state index contributed by atoms with van der Waals surface area (Å²) in [6.45, 7) is 6.69. The van der Waals surface area contributed by atoms with Gasteiger partial charge in [0.1, 0.15) is 5.75 Å². The fourth-order valence-electron chi connectivity index (χ4n) is 3.35. The standard InChI is InChI=1S/C26H30N2O4S/c1-5-32-25-15-12-22(26(29)27-17-21-10-6-19(2)7-11-21)16-23(25)18-28(4)33(30,31)24-13-8-20(3)9-14-24/h6-16H,5,17-18H2,1-4H3,(H,27,29). The van der Waals surface area contributed by atoms with Crippen molar-refractivity contribution in [2.24, 2.45) is 0 Å². The Morgan fingerprint density at radius 1 is 0.939 bits per heavy atom. The van der Waals surface area contributed by atoms with E-state index in [4.69, 9.17) is 4.74 Å². The molecule has 6 nitrogen and oxygen atoms in total. The minimum atomic E-state index is -3.69. The van der Waals surface area contributed by atoms with E-state index in [2.05, 4.69) is 5.32 Å². The number of rotatable bonds is 9. The molecule has 0 radical (unpaired) electrons. The fraction of sp³-hybridized carbons (Fsp3) is 0.269. The number of hydrogen-bond donors (Lipinski definition) is 1. The van der Waals surface area contributed by atoms with E-state index in [-0.39, 0.29) is 17.3 Å². The van der Waals surface area contributed by atoms with E-state index in [0.29, 0.717) is 30.0 Å². The zero-order valence-electron chi connectivity index (χ0n) is 19.5. The number of ether oxygens (including phenoxy) is 1. The fourth-order valence-corrected chi connectivity index (χ4v) is 4.49. The highest BCUT2D eigenvalue weighted by atomic mass is 32.2. The summed E-state index contributed by atoms with van der Waals surface area (Å²) in [5, 5.41) is 2.92. The maximum Gasteiger partial charge on any atom is 0.251 e. The Kier molecular flexibility index (Phi) is 7.89. The van der Waals surface area contributed by atoms with Gasteiger partial charge in [-0.3, -0.25) is 4.79 Å². The molecule has 0 fully saturated rings. The van der Waals surface area contributed by atoms with Crippen LogP contribution in [0.3, 0.4) is 0 Å². The molecule has 174 valence electrons. The maximum absolute atomic E-state index is 13.0. The zero-order valence-corrected chi connectivity index (χ0v) is 20.3. The van der Waals surface area contributed by atoms with Gasteiger partial charge in [0.15, 0.2) is 0 Å². The summed E-state index contributed by atoms with van der Waals surface area (Å²) in [4.78, 5) is 13.0. The van der Waals surface area contributed by atoms with Crippen molar-refractivity contribution in [3.05, 3.63) is 94.5 Å². The SMILES string of the molecule is CCOc1ccc(C(=O)NCc2ccc(C)cc2)cc1CN(C)S(=O)(=O)c1ccc(C)cc1. The second kappa shape index (κ2) is 10.6. The average Bonchev–Trinajstić information content (AvgIpc) is 2.80. The Morgan fingerprint density at radius 2 is 1.55 bits per heavy atom. The van der Waals surface area contributed by atoms with Crippen LogP contribution in [-0.4, -0.2) is 32.3 Å². The second-order valence-corrected chi connectivity index (χ2v) is 10.0. The summed E-state index contributed by atoms with van der Waals surface area (Å²) in [7, 11) is -2.17. The zero-order chi connectivity index (χ0) is 24.0. The average molecular weight is 467 g/mol. The first-order valence-electron chi connectivity index (χ1n) is 10.8. The highest BCUT2D eigenvalue weighted by molar-refractivity contribution is 7.89. The van der Waals surface area contributed by atoms with Crippen LogP contribution in [0.25, 0.3) is 0 Å². The predicted octanol–water partition coefficient (Wildman–Crippen LogP) is 4.45. The van der Waals surface area contributed by atoms with Gasteiger partial charge < -0.3 is 10.1 Å². The van der Waals surface area contributed by atoms with Crippen molar-refractivity contribution in [2.75, 3.05) is 13.7 Å². The lowest BCUT2D eigenvalue weighted by Crippen LogP contribution is -2.27. The monoisotopic (exact) mass is 466 g/mol. The third-order valence-corrected chi connectivity index (χ3v) is 7.14. The summed E-state index contributed by atoms with van der Waals surface area (Å²) in [5.74, 6) is 0.322. The van der Waals surface area contributed by atoms with Crippen LogP contribution in [-0.2, 0) is 23.1 Å². The second-order valence-electron chi connectivity index (χ2n) is 8.00. The third kappa shape index (κ3) is 6.21. The molecule has 1 N–H and O–H groups in total. The van der Waals surface area contributed by atoms with Crippen molar-refractivity contribution in [2.45, 2.75) is 38.8 Å². The molecular formula is C26H30N2O4S. The quantitative estimate of drug-likeness (QED) is 0.505. The molecule has 0 saturated heterocycles. The Labute approximate surface area is 196 Å². The molecule has 0 bridgehead atoms. The van der Waals surface area contributed by atoms with Crippen LogP contribution in [0.4, 0.5) is 0 Å². The molecule has 0 atom stereocenters. The highest BCUT2D eigenvalue weighted by Gasteiger charge is 2.22. The number of aryl methyl sites for hydroxylation is 2. The molecule has 0 spiro atoms. The number of amides is 1. The largest absolute Gasteiger partial charge is 0.494 e. The molecule has 0 unspecified atom stereocenters. The van der Waals surface area contributed by atoms with E-state index in [1.165, 1.54) is 11.4 Å². The van der Waals surface area contributed by atoms with Gasteiger partial charge in [-0.15, -0.1) is 0 Å². The van der Waals surface area contributed by atoms with Gasteiger partial charge in [0, 0.05) is 31.3 Å². The van der Waals surface area contributed by atoms with Crippen LogP contribution in [0.5, 0.6) is 5.75 Å². The van der Waals surface area contributed by atoms with Crippen LogP contribution < -0.4 is 10.1 Å². The van der Waals surface area contributed by atoms with Crippen molar-refractivity contribution in [1.29, 1.82) is 0 Å². The molecule has 0 aliphatic heterocycles. The van der Waals surface area contributed by atoms with E-state index >= 15 is 0 Å². The minimum absolute atomic E-state index is 0.0740. The molecule has 0 saturated carbocycles. The molecule has 3 aromatic carbocycles. The topological polar surface area (TPSA) is 75.7 Å². The molecule has 0 aliphatic carbocycles. The molecule has 0 aliphatic rings. The van der Waals surface area contributed by atoms with Gasteiger partial charge in [-0.1, -0.05) is 47.5 Å². The van der Waals surface area contributed by atoms with E-state index in [9.17, 15) is 13.2 Å². The first kappa shape index (κ1) is 24.5. The van der Waals surface area contributed by atoms with Crippen LogP contribution in [0.15, 0.2) is 71.6 Å². The lowest BCUT2D eigenvalue weighted by atomic mass is 10.1. The predicted molar refractivity (Wildman–Crippen MR) is 130 cm³/mol. The molecule has 7 heteroatoms. The normalized spacial score (nSPS) is 11.4. The summed E-state index contributed by atoms with van der Waals surface area (Å²) in [6.07, 6.45) is 0. The van der Waals surface area contributed by atoms with Crippen LogP contribution in [0.2, 0.25) is 0 Å². The number of nitrogens with zero attached hydrogens (tertiary/aromatic N) is 1. The van der Waals surface area contributed by atoms with Crippen molar-refractivity contribution in [3.63, 3.8) is 0 Å². The number of hydrogen-bond acceptors (Lipinski definition) is 4. The van der Waals surface area contributed by atoms with Gasteiger partial charge in [-0.25, -0.2) is 8.42 Å². The molecule has 33 heavy (non-hydrogen) atoms. The first-order chi connectivity index (χ1) is 15.7. The summed E-state index contributed by atoms with van der Waals surface area (Å²) in [5.41, 5.74) is 4.22. The molecular weight excluding hydrogens is 436 g/mol. The molecule has 0 heterocycles. The van der Waals surface area contributed by atoms with Gasteiger partial charge >= 0.3 is 0 Å². The van der Waals surface area contributed by atoms with Crippen LogP contribution in [0, 0.1) is 13.8 Å². The lowest BCUT2D eigenvalue weighted by Gasteiger charge is -2.20. The first-order valence-corrected chi connectivity index (χ1v) is 12.3. The summed E-state index contributed by atoms with van der Waals surface area (Å²) >= 11 is 0. The van der Waals surface area contributed by atoms with Crippen LogP contribution in [0.1, 0.15) is 39.5 Å². The Bertz CT molecular complexity index is 1200. The third-order valence-electron chi connectivity index (χ3n) is 5.32. The minimum Gasteiger partial charge on any atom is -0.494 e. The molecule has 3 aromatic rings. The van der Waals surface area contributed by atoms with Crippen LogP contribution >= 0.6 is 0 Å². The van der Waals surface area contributed by atoms with E-state index < -0.39 is 10.0 Å². The Hall–Kier alpha value is -3.16. The summed E-state index contributed by atoms with van der Waals surface area (Å²) in [6, 6.07) is 19.8. The Morgan fingerprint density at radius 3 is 2.15 bits per heavy atom. The number of nitrogens with one attached hydrogen (secondary N) is 1. The number of carbonyl (C=O) groups excluding carboxylic acids is 1. The maximum atomic E-state index is 13.0. The van der Waals surface area contributed by atoms with Crippen molar-refractivity contribution >= 4 is 15.9 Å².